The second kappa shape index (κ2) is 5.90. The molecule has 2 aromatic heterocycles. The smallest absolute Gasteiger partial charge is 0.316 e. The number of hydrogen-bond acceptors (Lipinski definition) is 4. The van der Waals surface area contributed by atoms with E-state index in [1.54, 1.807) is 4.90 Å². The maximum atomic E-state index is 12.7. The maximum Gasteiger partial charge on any atom is 0.316 e. The highest BCUT2D eigenvalue weighted by Gasteiger charge is 2.28. The predicted octanol–water partition coefficient (Wildman–Crippen LogP) is 1.10. The zero-order valence-electron chi connectivity index (χ0n) is 11.4. The number of nitrogens with zero attached hydrogens (tertiary/aromatic N) is 4. The molecule has 7 heteroatoms. The van der Waals surface area contributed by atoms with Crippen LogP contribution in [-0.4, -0.2) is 44.5 Å². The van der Waals surface area contributed by atoms with Crippen LogP contribution in [-0.2, 0) is 11.3 Å². The van der Waals surface area contributed by atoms with Crippen molar-refractivity contribution in [2.45, 2.75) is 19.1 Å². The Balaban J connectivity index is 1.53. The molecule has 3 heterocycles. The van der Waals surface area contributed by atoms with Crippen molar-refractivity contribution in [1.29, 1.82) is 0 Å². The van der Waals surface area contributed by atoms with Crippen molar-refractivity contribution in [2.75, 3.05) is 13.1 Å². The molecule has 1 fully saturated rings. The fraction of sp³-hybridized carbons (Fsp3) is 0.357. The summed E-state index contributed by atoms with van der Waals surface area (Å²) in [6.07, 6.45) is 6.41. The molecule has 0 N–H and O–H groups in total. The third-order valence-corrected chi connectivity index (χ3v) is 3.35. The predicted molar refractivity (Wildman–Crippen MR) is 72.0 cm³/mol. The van der Waals surface area contributed by atoms with E-state index < -0.39 is 5.82 Å². The second-order valence-corrected chi connectivity index (χ2v) is 4.91. The van der Waals surface area contributed by atoms with Crippen LogP contribution in [0.5, 0.6) is 6.01 Å². The molecule has 0 aliphatic carbocycles. The number of carbonyl (C=O) groups excluding carboxylic acids is 1. The van der Waals surface area contributed by atoms with E-state index in [0.717, 1.165) is 18.8 Å². The van der Waals surface area contributed by atoms with Gasteiger partial charge in [-0.1, -0.05) is 0 Å². The minimum absolute atomic E-state index is 0.0531. The molecule has 3 rings (SSSR count). The monoisotopic (exact) mass is 290 g/mol. The molecule has 6 nitrogen and oxygen atoms in total. The third-order valence-electron chi connectivity index (χ3n) is 3.35. The van der Waals surface area contributed by atoms with E-state index in [9.17, 15) is 9.18 Å². The van der Waals surface area contributed by atoms with E-state index in [2.05, 4.69) is 9.97 Å². The first kappa shape index (κ1) is 13.5. The van der Waals surface area contributed by atoms with Gasteiger partial charge in [0, 0.05) is 25.4 Å². The first-order valence-electron chi connectivity index (χ1n) is 6.73. The number of likely N-dealkylation sites (tertiary alicyclic amines) is 1. The van der Waals surface area contributed by atoms with Crippen LogP contribution >= 0.6 is 0 Å². The lowest BCUT2D eigenvalue weighted by molar-refractivity contribution is -0.131. The largest absolute Gasteiger partial charge is 0.458 e. The lowest BCUT2D eigenvalue weighted by Gasteiger charge is -2.17. The molecule has 0 saturated carbocycles. The summed E-state index contributed by atoms with van der Waals surface area (Å²) in [4.78, 5) is 21.4. The number of halogens is 1. The van der Waals surface area contributed by atoms with E-state index in [1.807, 2.05) is 29.1 Å². The number of ether oxygens (including phenoxy) is 1. The van der Waals surface area contributed by atoms with Gasteiger partial charge in [-0.2, -0.15) is 0 Å². The minimum atomic E-state index is -0.503. The summed E-state index contributed by atoms with van der Waals surface area (Å²) < 4.78 is 20.1. The quantitative estimate of drug-likeness (QED) is 0.846. The molecule has 1 aliphatic rings. The molecule has 0 bridgehead atoms. The number of aromatic nitrogens is 3. The summed E-state index contributed by atoms with van der Waals surface area (Å²) in [5, 5.41) is 0. The summed E-state index contributed by atoms with van der Waals surface area (Å²) in [5.41, 5.74) is 0. The number of carbonyl (C=O) groups is 1. The van der Waals surface area contributed by atoms with Crippen LogP contribution in [0, 0.1) is 5.82 Å². The van der Waals surface area contributed by atoms with Crippen LogP contribution in [0.1, 0.15) is 6.42 Å². The van der Waals surface area contributed by atoms with E-state index >= 15 is 0 Å². The molecule has 21 heavy (non-hydrogen) atoms. The standard InChI is InChI=1S/C14H15FN4O2/c15-11-7-16-14(17-8-11)21-12-3-6-19(9-12)13(20)10-18-4-1-2-5-18/h1-2,4-5,7-8,12H,3,6,9-10H2/t12-/m1/s1. The van der Waals surface area contributed by atoms with Gasteiger partial charge in [-0.05, 0) is 12.1 Å². The normalized spacial score (nSPS) is 18.0. The molecule has 0 radical (unpaired) electrons. The van der Waals surface area contributed by atoms with Crippen LogP contribution in [0.3, 0.4) is 0 Å². The Labute approximate surface area is 121 Å². The molecule has 0 spiro atoms. The van der Waals surface area contributed by atoms with E-state index in [-0.39, 0.29) is 18.0 Å². The van der Waals surface area contributed by atoms with Crippen LogP contribution in [0.4, 0.5) is 4.39 Å². The van der Waals surface area contributed by atoms with E-state index in [1.165, 1.54) is 0 Å². The lowest BCUT2D eigenvalue weighted by atomic mass is 10.3. The highest BCUT2D eigenvalue weighted by Crippen LogP contribution is 2.15. The van der Waals surface area contributed by atoms with Gasteiger partial charge in [-0.15, -0.1) is 0 Å². The zero-order valence-corrected chi connectivity index (χ0v) is 11.4. The Kier molecular flexibility index (Phi) is 3.81. The van der Waals surface area contributed by atoms with Crippen molar-refractivity contribution in [3.05, 3.63) is 42.7 Å². The summed E-state index contributed by atoms with van der Waals surface area (Å²) in [7, 11) is 0. The molecule has 110 valence electrons. The SMILES string of the molecule is O=C(Cn1cccc1)N1CC[C@@H](Oc2ncc(F)cn2)C1. The van der Waals surface area contributed by atoms with Crippen molar-refractivity contribution in [3.63, 3.8) is 0 Å². The number of amides is 1. The lowest BCUT2D eigenvalue weighted by Crippen LogP contribution is -2.33. The van der Waals surface area contributed by atoms with E-state index in [4.69, 9.17) is 4.74 Å². The van der Waals surface area contributed by atoms with Crippen molar-refractivity contribution in [1.82, 2.24) is 19.4 Å². The highest BCUT2D eigenvalue weighted by molar-refractivity contribution is 5.76. The molecule has 1 amide bonds. The molecular weight excluding hydrogens is 275 g/mol. The van der Waals surface area contributed by atoms with Crippen molar-refractivity contribution in [2.24, 2.45) is 0 Å². The third kappa shape index (κ3) is 3.36. The van der Waals surface area contributed by atoms with Gasteiger partial charge in [0.2, 0.25) is 5.91 Å². The van der Waals surface area contributed by atoms with Crippen LogP contribution in [0.15, 0.2) is 36.9 Å². The van der Waals surface area contributed by atoms with Gasteiger partial charge in [-0.3, -0.25) is 4.79 Å². The molecule has 0 aromatic carbocycles. The highest BCUT2D eigenvalue weighted by atomic mass is 19.1. The first-order chi connectivity index (χ1) is 10.2. The second-order valence-electron chi connectivity index (χ2n) is 4.91. The average molecular weight is 290 g/mol. The Morgan fingerprint density at radius 1 is 1.33 bits per heavy atom. The van der Waals surface area contributed by atoms with Gasteiger partial charge in [0.25, 0.3) is 0 Å². The van der Waals surface area contributed by atoms with Crippen LogP contribution in [0.2, 0.25) is 0 Å². The average Bonchev–Trinajstić information content (AvgIpc) is 3.13. The Morgan fingerprint density at radius 2 is 2.05 bits per heavy atom. The molecule has 1 atom stereocenters. The molecule has 0 unspecified atom stereocenters. The van der Waals surface area contributed by atoms with Crippen molar-refractivity contribution < 1.29 is 13.9 Å². The fourth-order valence-corrected chi connectivity index (χ4v) is 2.29. The van der Waals surface area contributed by atoms with Crippen molar-refractivity contribution >= 4 is 5.91 Å². The van der Waals surface area contributed by atoms with Crippen molar-refractivity contribution in [3.8, 4) is 6.01 Å². The van der Waals surface area contributed by atoms with Crippen LogP contribution < -0.4 is 4.74 Å². The minimum Gasteiger partial charge on any atom is -0.458 e. The summed E-state index contributed by atoms with van der Waals surface area (Å²) in [6.45, 7) is 1.47. The molecular formula is C14H15FN4O2. The van der Waals surface area contributed by atoms with Gasteiger partial charge < -0.3 is 14.2 Å². The van der Waals surface area contributed by atoms with Gasteiger partial charge in [0.05, 0.1) is 18.9 Å². The van der Waals surface area contributed by atoms with Gasteiger partial charge in [0.1, 0.15) is 12.6 Å². The molecule has 1 saturated heterocycles. The van der Waals surface area contributed by atoms with Gasteiger partial charge in [-0.25, -0.2) is 14.4 Å². The zero-order chi connectivity index (χ0) is 14.7. The summed E-state index contributed by atoms with van der Waals surface area (Å²) >= 11 is 0. The Hall–Kier alpha value is -2.44. The van der Waals surface area contributed by atoms with Gasteiger partial charge in [0.15, 0.2) is 5.82 Å². The first-order valence-corrected chi connectivity index (χ1v) is 6.73. The topological polar surface area (TPSA) is 60.2 Å². The van der Waals surface area contributed by atoms with Crippen LogP contribution in [0.25, 0.3) is 0 Å². The summed E-state index contributed by atoms with van der Waals surface area (Å²) in [6, 6.07) is 3.91. The Morgan fingerprint density at radius 3 is 2.76 bits per heavy atom. The summed E-state index contributed by atoms with van der Waals surface area (Å²) in [5.74, 6) is -0.449. The van der Waals surface area contributed by atoms with Gasteiger partial charge >= 0.3 is 6.01 Å². The number of hydrogen-bond donors (Lipinski definition) is 0. The molecule has 2 aromatic rings. The molecule has 1 aliphatic heterocycles. The Bertz CT molecular complexity index is 600. The maximum absolute atomic E-state index is 12.7. The number of rotatable bonds is 4. The fourth-order valence-electron chi connectivity index (χ4n) is 2.29. The van der Waals surface area contributed by atoms with E-state index in [0.29, 0.717) is 19.6 Å².